The summed E-state index contributed by atoms with van der Waals surface area (Å²) in [4.78, 5) is 17.9. The van der Waals surface area contributed by atoms with Gasteiger partial charge >= 0.3 is 6.09 Å². The number of hydrogen-bond donors (Lipinski definition) is 1. The number of rotatable bonds is 8. The normalized spacial score (nSPS) is 11.1. The highest BCUT2D eigenvalue weighted by molar-refractivity contribution is 9.10. The van der Waals surface area contributed by atoms with Crippen LogP contribution in [0.4, 0.5) is 4.79 Å². The minimum atomic E-state index is -0.494. The predicted molar refractivity (Wildman–Crippen MR) is 119 cm³/mol. The van der Waals surface area contributed by atoms with Gasteiger partial charge in [0.25, 0.3) is 0 Å². The van der Waals surface area contributed by atoms with Gasteiger partial charge in [-0.25, -0.2) is 4.79 Å². The molecule has 0 aliphatic carbocycles. The lowest BCUT2D eigenvalue weighted by Crippen LogP contribution is -2.40. The molecule has 6 heteroatoms. The van der Waals surface area contributed by atoms with E-state index in [1.807, 2.05) is 65.8 Å². The minimum absolute atomic E-state index is 0.285. The van der Waals surface area contributed by atoms with Crippen LogP contribution in [0.1, 0.15) is 53.5 Å². The van der Waals surface area contributed by atoms with Crippen molar-refractivity contribution in [1.82, 2.24) is 10.2 Å². The second kappa shape index (κ2) is 13.4. The number of amides is 1. The molecule has 0 bridgehead atoms. The van der Waals surface area contributed by atoms with Crippen molar-refractivity contribution >= 4 is 34.4 Å². The Hall–Kier alpha value is -1.82. The van der Waals surface area contributed by atoms with Crippen molar-refractivity contribution in [3.8, 4) is 0 Å². The van der Waals surface area contributed by atoms with Gasteiger partial charge in [-0.05, 0) is 51.6 Å². The summed E-state index contributed by atoms with van der Waals surface area (Å²) in [6.45, 7) is 17.0. The Kier molecular flexibility index (Phi) is 12.5. The van der Waals surface area contributed by atoms with Gasteiger partial charge < -0.3 is 15.0 Å². The predicted octanol–water partition coefficient (Wildman–Crippen LogP) is 5.71. The number of benzene rings is 1. The summed E-state index contributed by atoms with van der Waals surface area (Å²) in [6, 6.07) is 7.92. The topological polar surface area (TPSA) is 53.9 Å². The number of aliphatic imine (C=N–C) groups is 1. The lowest BCUT2D eigenvalue weighted by Gasteiger charge is -2.27. The van der Waals surface area contributed by atoms with E-state index in [0.29, 0.717) is 19.6 Å². The molecule has 1 N–H and O–H groups in total. The molecule has 1 aromatic rings. The number of nitrogens with one attached hydrogen (secondary N) is 1. The largest absolute Gasteiger partial charge is 0.444 e. The van der Waals surface area contributed by atoms with E-state index in [4.69, 9.17) is 4.74 Å². The van der Waals surface area contributed by atoms with E-state index < -0.39 is 5.60 Å². The standard InChI is InChI=1S/C19H28BrN3O2.C2H6/c1-6-12-23(18(24)25-19(2,3)4)13-11-22-17(14-21-5)15-7-9-16(20)10-8-15;1-2/h7-10,14,22H,5-6,11-13H2,1-4H3;1-2H3/b17-14-;. The van der Waals surface area contributed by atoms with Crippen LogP contribution in [0, 0.1) is 0 Å². The van der Waals surface area contributed by atoms with E-state index >= 15 is 0 Å². The Morgan fingerprint density at radius 2 is 1.85 bits per heavy atom. The fourth-order valence-corrected chi connectivity index (χ4v) is 2.42. The summed E-state index contributed by atoms with van der Waals surface area (Å²) in [5.74, 6) is 0. The van der Waals surface area contributed by atoms with Crippen LogP contribution in [0.15, 0.2) is 39.9 Å². The molecule has 0 aromatic heterocycles. The molecule has 0 fully saturated rings. The van der Waals surface area contributed by atoms with E-state index in [-0.39, 0.29) is 6.09 Å². The van der Waals surface area contributed by atoms with E-state index in [1.54, 1.807) is 11.1 Å². The highest BCUT2D eigenvalue weighted by atomic mass is 79.9. The minimum Gasteiger partial charge on any atom is -0.444 e. The third-order valence-electron chi connectivity index (χ3n) is 3.22. The average molecular weight is 440 g/mol. The highest BCUT2D eigenvalue weighted by Crippen LogP contribution is 2.16. The number of nitrogens with zero attached hydrogens (tertiary/aromatic N) is 2. The molecule has 1 aromatic carbocycles. The molecule has 152 valence electrons. The fraction of sp³-hybridized carbons (Fsp3) is 0.524. The lowest BCUT2D eigenvalue weighted by molar-refractivity contribution is 0.0253. The van der Waals surface area contributed by atoms with Gasteiger partial charge in [0, 0.05) is 30.3 Å². The first-order chi connectivity index (χ1) is 12.8. The van der Waals surface area contributed by atoms with E-state index in [0.717, 1.165) is 22.2 Å². The van der Waals surface area contributed by atoms with Crippen molar-refractivity contribution in [3.63, 3.8) is 0 Å². The van der Waals surface area contributed by atoms with Crippen molar-refractivity contribution in [2.45, 2.75) is 53.6 Å². The molecule has 0 aliphatic rings. The highest BCUT2D eigenvalue weighted by Gasteiger charge is 2.21. The first-order valence-electron chi connectivity index (χ1n) is 9.40. The number of ether oxygens (including phenoxy) is 1. The SMILES string of the molecule is C=N/C=C(\NCCN(CCC)C(=O)OC(C)(C)C)c1ccc(Br)cc1.CC. The van der Waals surface area contributed by atoms with Gasteiger partial charge in [0.15, 0.2) is 0 Å². The molecule has 0 atom stereocenters. The molecule has 1 amide bonds. The van der Waals surface area contributed by atoms with Gasteiger partial charge in [-0.1, -0.05) is 48.8 Å². The van der Waals surface area contributed by atoms with Crippen molar-refractivity contribution in [1.29, 1.82) is 0 Å². The maximum atomic E-state index is 12.3. The summed E-state index contributed by atoms with van der Waals surface area (Å²) in [5, 5.41) is 3.33. The number of carbonyl (C=O) groups excluding carboxylic acids is 1. The summed E-state index contributed by atoms with van der Waals surface area (Å²) >= 11 is 3.43. The van der Waals surface area contributed by atoms with Crippen LogP contribution in [-0.4, -0.2) is 42.9 Å². The second-order valence-corrected chi connectivity index (χ2v) is 7.54. The molecule has 1 rings (SSSR count). The Morgan fingerprint density at radius 1 is 1.26 bits per heavy atom. The zero-order valence-electron chi connectivity index (χ0n) is 17.5. The van der Waals surface area contributed by atoms with Gasteiger partial charge in [-0.3, -0.25) is 4.99 Å². The Morgan fingerprint density at radius 3 is 2.33 bits per heavy atom. The molecule has 0 saturated heterocycles. The van der Waals surface area contributed by atoms with Crippen molar-refractivity contribution in [2.75, 3.05) is 19.6 Å². The molecule has 0 unspecified atom stereocenters. The Balaban J connectivity index is 0.00000326. The lowest BCUT2D eigenvalue weighted by atomic mass is 10.1. The molecule has 5 nitrogen and oxygen atoms in total. The zero-order valence-corrected chi connectivity index (χ0v) is 19.1. The van der Waals surface area contributed by atoms with Gasteiger partial charge in [0.1, 0.15) is 5.60 Å². The first kappa shape index (κ1) is 25.2. The molecule has 27 heavy (non-hydrogen) atoms. The fourth-order valence-electron chi connectivity index (χ4n) is 2.16. The average Bonchev–Trinajstić information content (AvgIpc) is 2.61. The number of halogens is 1. The van der Waals surface area contributed by atoms with Crippen molar-refractivity contribution in [2.24, 2.45) is 4.99 Å². The van der Waals surface area contributed by atoms with Crippen LogP contribution in [0.5, 0.6) is 0 Å². The summed E-state index contributed by atoms with van der Waals surface area (Å²) in [6.07, 6.45) is 2.27. The molecule has 0 radical (unpaired) electrons. The first-order valence-corrected chi connectivity index (χ1v) is 10.2. The smallest absolute Gasteiger partial charge is 0.410 e. The van der Waals surface area contributed by atoms with Crippen molar-refractivity contribution in [3.05, 3.63) is 40.5 Å². The molecule has 0 saturated carbocycles. The number of hydrogen-bond acceptors (Lipinski definition) is 4. The van der Waals surface area contributed by atoms with Gasteiger partial charge in [-0.2, -0.15) is 0 Å². The zero-order chi connectivity index (χ0) is 20.9. The van der Waals surface area contributed by atoms with Crippen molar-refractivity contribution < 1.29 is 9.53 Å². The third kappa shape index (κ3) is 10.8. The van der Waals surface area contributed by atoms with E-state index in [9.17, 15) is 4.79 Å². The van der Waals surface area contributed by atoms with Crippen LogP contribution >= 0.6 is 15.9 Å². The molecule has 0 spiro atoms. The quantitative estimate of drug-likeness (QED) is 0.527. The van der Waals surface area contributed by atoms with Crippen LogP contribution in [0.3, 0.4) is 0 Å². The molecular weight excluding hydrogens is 406 g/mol. The van der Waals surface area contributed by atoms with Gasteiger partial charge in [0.05, 0.1) is 5.70 Å². The Labute approximate surface area is 173 Å². The summed E-state index contributed by atoms with van der Waals surface area (Å²) < 4.78 is 6.48. The summed E-state index contributed by atoms with van der Waals surface area (Å²) in [7, 11) is 0. The van der Waals surface area contributed by atoms with Crippen LogP contribution in [0.2, 0.25) is 0 Å². The molecular formula is C21H34BrN3O2. The van der Waals surface area contributed by atoms with Gasteiger partial charge in [0.2, 0.25) is 0 Å². The number of carbonyl (C=O) groups is 1. The Bertz CT molecular complexity index is 592. The molecule has 0 heterocycles. The maximum absolute atomic E-state index is 12.3. The van der Waals surface area contributed by atoms with E-state index in [1.165, 1.54) is 0 Å². The second-order valence-electron chi connectivity index (χ2n) is 6.63. The maximum Gasteiger partial charge on any atom is 0.410 e. The van der Waals surface area contributed by atoms with Crippen LogP contribution in [0.25, 0.3) is 5.70 Å². The van der Waals surface area contributed by atoms with Crippen LogP contribution < -0.4 is 5.32 Å². The summed E-state index contributed by atoms with van der Waals surface area (Å²) in [5.41, 5.74) is 1.38. The monoisotopic (exact) mass is 439 g/mol. The third-order valence-corrected chi connectivity index (χ3v) is 3.75. The van der Waals surface area contributed by atoms with Crippen LogP contribution in [-0.2, 0) is 4.74 Å². The van der Waals surface area contributed by atoms with Gasteiger partial charge in [-0.15, -0.1) is 0 Å². The molecule has 0 aliphatic heterocycles. The van der Waals surface area contributed by atoms with E-state index in [2.05, 4.69) is 33.0 Å².